The molecule has 0 saturated carbocycles. The van der Waals surface area contributed by atoms with E-state index in [0.717, 1.165) is 24.5 Å². The predicted molar refractivity (Wildman–Crippen MR) is 102 cm³/mol. The van der Waals surface area contributed by atoms with Crippen LogP contribution < -0.4 is 20.1 Å². The van der Waals surface area contributed by atoms with Gasteiger partial charge >= 0.3 is 6.61 Å². The Kier molecular flexibility index (Phi) is 10.7. The van der Waals surface area contributed by atoms with Gasteiger partial charge in [0.05, 0.1) is 6.61 Å². The Labute approximate surface area is 163 Å². The third-order valence-corrected chi connectivity index (χ3v) is 4.76. The maximum atomic E-state index is 12.6. The van der Waals surface area contributed by atoms with Gasteiger partial charge < -0.3 is 20.1 Å². The van der Waals surface area contributed by atoms with E-state index in [-0.39, 0.29) is 36.7 Å². The lowest BCUT2D eigenvalue weighted by atomic mass is 10.1. The SMILES string of the molecule is CCCOc1ccc(CNC(=O)CC2CSCCN2)c(OC(F)F)c1.Cl. The lowest BCUT2D eigenvalue weighted by Gasteiger charge is -2.22. The van der Waals surface area contributed by atoms with Crippen molar-refractivity contribution < 1.29 is 23.0 Å². The minimum absolute atomic E-state index is 0. The lowest BCUT2D eigenvalue weighted by Crippen LogP contribution is -2.41. The Morgan fingerprint density at radius 2 is 2.27 bits per heavy atom. The molecule has 2 N–H and O–H groups in total. The fourth-order valence-electron chi connectivity index (χ4n) is 2.44. The molecular weight excluding hydrogens is 386 g/mol. The monoisotopic (exact) mass is 410 g/mol. The maximum absolute atomic E-state index is 12.6. The second kappa shape index (κ2) is 12.2. The minimum Gasteiger partial charge on any atom is -0.493 e. The number of amides is 1. The number of ether oxygens (including phenoxy) is 2. The lowest BCUT2D eigenvalue weighted by molar-refractivity contribution is -0.121. The van der Waals surface area contributed by atoms with Gasteiger partial charge in [-0.05, 0) is 18.6 Å². The third kappa shape index (κ3) is 7.97. The Bertz CT molecular complexity index is 561. The molecule has 1 aromatic carbocycles. The highest BCUT2D eigenvalue weighted by Crippen LogP contribution is 2.26. The summed E-state index contributed by atoms with van der Waals surface area (Å²) in [7, 11) is 0. The van der Waals surface area contributed by atoms with E-state index in [1.54, 1.807) is 12.1 Å². The van der Waals surface area contributed by atoms with Gasteiger partial charge in [-0.3, -0.25) is 4.79 Å². The molecule has 9 heteroatoms. The fourth-order valence-corrected chi connectivity index (χ4v) is 3.39. The van der Waals surface area contributed by atoms with E-state index < -0.39 is 6.61 Å². The van der Waals surface area contributed by atoms with E-state index in [0.29, 0.717) is 24.3 Å². The van der Waals surface area contributed by atoms with E-state index in [9.17, 15) is 13.6 Å². The molecule has 0 aliphatic carbocycles. The van der Waals surface area contributed by atoms with E-state index in [1.807, 2.05) is 18.7 Å². The minimum atomic E-state index is -2.93. The largest absolute Gasteiger partial charge is 0.493 e. The van der Waals surface area contributed by atoms with Crippen LogP contribution >= 0.6 is 24.2 Å². The number of thioether (sulfide) groups is 1. The van der Waals surface area contributed by atoms with E-state index in [4.69, 9.17) is 4.74 Å². The summed E-state index contributed by atoms with van der Waals surface area (Å²) in [6, 6.07) is 4.91. The van der Waals surface area contributed by atoms with Crippen molar-refractivity contribution in [2.75, 3.05) is 24.7 Å². The Morgan fingerprint density at radius 1 is 1.46 bits per heavy atom. The van der Waals surface area contributed by atoms with Gasteiger partial charge in [0, 0.05) is 48.7 Å². The normalized spacial score (nSPS) is 16.7. The quantitative estimate of drug-likeness (QED) is 0.654. The number of nitrogens with one attached hydrogen (secondary N) is 2. The number of benzene rings is 1. The first-order valence-corrected chi connectivity index (χ1v) is 9.52. The highest BCUT2D eigenvalue weighted by molar-refractivity contribution is 7.99. The molecule has 148 valence electrons. The summed E-state index contributed by atoms with van der Waals surface area (Å²) in [6.45, 7) is 0.555. The molecule has 1 saturated heterocycles. The van der Waals surface area contributed by atoms with Crippen LogP contribution in [-0.2, 0) is 11.3 Å². The van der Waals surface area contributed by atoms with E-state index in [2.05, 4.69) is 15.4 Å². The smallest absolute Gasteiger partial charge is 0.387 e. The number of carbonyl (C=O) groups is 1. The highest BCUT2D eigenvalue weighted by atomic mass is 35.5. The average Bonchev–Trinajstić information content (AvgIpc) is 2.59. The van der Waals surface area contributed by atoms with Gasteiger partial charge in [0.2, 0.25) is 5.91 Å². The zero-order chi connectivity index (χ0) is 18.1. The summed E-state index contributed by atoms with van der Waals surface area (Å²) in [5.41, 5.74) is 0.489. The summed E-state index contributed by atoms with van der Waals surface area (Å²) < 4.78 is 35.3. The number of hydrogen-bond donors (Lipinski definition) is 2. The number of alkyl halides is 2. The van der Waals surface area contributed by atoms with Crippen molar-refractivity contribution in [3.05, 3.63) is 23.8 Å². The van der Waals surface area contributed by atoms with Gasteiger partial charge in [-0.1, -0.05) is 6.92 Å². The molecule has 1 aliphatic rings. The van der Waals surface area contributed by atoms with Crippen molar-refractivity contribution in [2.45, 2.75) is 39.0 Å². The van der Waals surface area contributed by atoms with Crippen LogP contribution in [0.4, 0.5) is 8.78 Å². The zero-order valence-corrected chi connectivity index (χ0v) is 16.3. The second-order valence-corrected chi connectivity index (χ2v) is 6.85. The molecule has 1 amide bonds. The summed E-state index contributed by atoms with van der Waals surface area (Å²) in [5, 5.41) is 6.06. The van der Waals surface area contributed by atoms with Crippen LogP contribution in [0.2, 0.25) is 0 Å². The first-order valence-electron chi connectivity index (χ1n) is 8.37. The van der Waals surface area contributed by atoms with Gasteiger partial charge in [-0.25, -0.2) is 0 Å². The zero-order valence-electron chi connectivity index (χ0n) is 14.6. The fraction of sp³-hybridized carbons (Fsp3) is 0.588. The molecular formula is C17H25ClF2N2O3S. The van der Waals surface area contributed by atoms with E-state index >= 15 is 0 Å². The van der Waals surface area contributed by atoms with Gasteiger partial charge in [0.1, 0.15) is 11.5 Å². The Morgan fingerprint density at radius 3 is 2.92 bits per heavy atom. The summed E-state index contributed by atoms with van der Waals surface area (Å²) in [5.74, 6) is 2.33. The molecule has 1 heterocycles. The molecule has 0 bridgehead atoms. The van der Waals surface area contributed by atoms with Crippen LogP contribution in [0.1, 0.15) is 25.3 Å². The molecule has 1 fully saturated rings. The van der Waals surface area contributed by atoms with Crippen LogP contribution in [0.25, 0.3) is 0 Å². The molecule has 26 heavy (non-hydrogen) atoms. The summed E-state index contributed by atoms with van der Waals surface area (Å²) in [6.07, 6.45) is 1.19. The number of halogens is 3. The topological polar surface area (TPSA) is 59.6 Å². The first kappa shape index (κ1) is 22.8. The summed E-state index contributed by atoms with van der Waals surface area (Å²) in [4.78, 5) is 12.1. The molecule has 0 aromatic heterocycles. The molecule has 0 radical (unpaired) electrons. The molecule has 0 spiro atoms. The van der Waals surface area contributed by atoms with Crippen LogP contribution in [0, 0.1) is 0 Å². The predicted octanol–water partition coefficient (Wildman–Crippen LogP) is 3.21. The Balaban J connectivity index is 0.00000338. The van der Waals surface area contributed by atoms with Crippen molar-refractivity contribution in [3.8, 4) is 11.5 Å². The highest BCUT2D eigenvalue weighted by Gasteiger charge is 2.17. The first-order chi connectivity index (χ1) is 12.1. The van der Waals surface area contributed by atoms with Gasteiger partial charge in [0.25, 0.3) is 0 Å². The van der Waals surface area contributed by atoms with Crippen molar-refractivity contribution in [1.29, 1.82) is 0 Å². The molecule has 1 aliphatic heterocycles. The summed E-state index contributed by atoms with van der Waals surface area (Å²) >= 11 is 1.82. The number of rotatable bonds is 9. The van der Waals surface area contributed by atoms with Gasteiger partial charge in [-0.15, -0.1) is 12.4 Å². The molecule has 1 aromatic rings. The van der Waals surface area contributed by atoms with Crippen LogP contribution in [0.3, 0.4) is 0 Å². The van der Waals surface area contributed by atoms with Crippen LogP contribution in [0.5, 0.6) is 11.5 Å². The van der Waals surface area contributed by atoms with Crippen molar-refractivity contribution >= 4 is 30.1 Å². The third-order valence-electron chi connectivity index (χ3n) is 3.63. The molecule has 2 rings (SSSR count). The van der Waals surface area contributed by atoms with Crippen molar-refractivity contribution in [1.82, 2.24) is 10.6 Å². The Hall–Kier alpha value is -1.25. The van der Waals surface area contributed by atoms with E-state index in [1.165, 1.54) is 6.07 Å². The van der Waals surface area contributed by atoms with Gasteiger partial charge in [0.15, 0.2) is 0 Å². The molecule has 1 atom stereocenters. The standard InChI is InChI=1S/C17H24F2N2O3S.ClH/c1-2-6-23-14-4-3-12(15(9-14)24-17(18)19)10-21-16(22)8-13-11-25-7-5-20-13;/h3-4,9,13,17,20H,2,5-8,10-11H2,1H3,(H,21,22);1H. The van der Waals surface area contributed by atoms with Crippen molar-refractivity contribution in [2.24, 2.45) is 0 Å². The van der Waals surface area contributed by atoms with Crippen LogP contribution in [-0.4, -0.2) is 43.2 Å². The van der Waals surface area contributed by atoms with Crippen LogP contribution in [0.15, 0.2) is 18.2 Å². The van der Waals surface area contributed by atoms with Crippen molar-refractivity contribution in [3.63, 3.8) is 0 Å². The number of hydrogen-bond acceptors (Lipinski definition) is 5. The van der Waals surface area contributed by atoms with Gasteiger partial charge in [-0.2, -0.15) is 20.5 Å². The number of carbonyl (C=O) groups excluding carboxylic acids is 1. The average molecular weight is 411 g/mol. The molecule has 1 unspecified atom stereocenters. The second-order valence-electron chi connectivity index (χ2n) is 5.70. The maximum Gasteiger partial charge on any atom is 0.387 e. The molecule has 5 nitrogen and oxygen atoms in total.